The van der Waals surface area contributed by atoms with E-state index in [1.54, 1.807) is 16.7 Å². The summed E-state index contributed by atoms with van der Waals surface area (Å²) in [7, 11) is 3.88. The Balaban J connectivity index is 1.80. The number of fused-ring (bicyclic) bond motifs is 1. The van der Waals surface area contributed by atoms with Crippen LogP contribution in [0.5, 0.6) is 0 Å². The van der Waals surface area contributed by atoms with E-state index in [9.17, 15) is 9.59 Å². The molecule has 22 heavy (non-hydrogen) atoms. The fourth-order valence-corrected chi connectivity index (χ4v) is 4.63. The number of thioether (sulfide) groups is 1. The topological polar surface area (TPSA) is 52.7 Å². The number of hydrogen-bond donors (Lipinski definition) is 1. The van der Waals surface area contributed by atoms with E-state index in [4.69, 9.17) is 0 Å². The van der Waals surface area contributed by atoms with Crippen LogP contribution in [0.25, 0.3) is 0 Å². The van der Waals surface area contributed by atoms with Crippen molar-refractivity contribution in [1.82, 2.24) is 4.90 Å². The van der Waals surface area contributed by atoms with Crippen LogP contribution in [0.3, 0.4) is 0 Å². The fraction of sp³-hybridized carbons (Fsp3) is 0.500. The van der Waals surface area contributed by atoms with Gasteiger partial charge < -0.3 is 15.1 Å². The van der Waals surface area contributed by atoms with Gasteiger partial charge in [-0.05, 0) is 25.5 Å². The van der Waals surface area contributed by atoms with Crippen LogP contribution >= 0.6 is 11.8 Å². The van der Waals surface area contributed by atoms with Gasteiger partial charge in [-0.2, -0.15) is 0 Å². The third-order valence-electron chi connectivity index (χ3n) is 4.39. The maximum atomic E-state index is 12.7. The van der Waals surface area contributed by atoms with Gasteiger partial charge in [0.1, 0.15) is 6.04 Å². The van der Waals surface area contributed by atoms with Gasteiger partial charge >= 0.3 is 0 Å². The average molecular weight is 319 g/mol. The summed E-state index contributed by atoms with van der Waals surface area (Å²) in [6.07, 6.45) is 1.37. The number of nitrogens with zero attached hydrogens (tertiary/aromatic N) is 2. The summed E-state index contributed by atoms with van der Waals surface area (Å²) >= 11 is 1.71. The van der Waals surface area contributed by atoms with Crippen LogP contribution in [-0.4, -0.2) is 47.5 Å². The zero-order valence-corrected chi connectivity index (χ0v) is 13.9. The van der Waals surface area contributed by atoms with Crippen molar-refractivity contribution < 1.29 is 9.59 Å². The van der Waals surface area contributed by atoms with Gasteiger partial charge in [0, 0.05) is 26.3 Å². The van der Waals surface area contributed by atoms with Crippen molar-refractivity contribution in [1.29, 1.82) is 0 Å². The molecule has 2 fully saturated rings. The molecule has 0 unspecified atom stereocenters. The number of anilines is 2. The van der Waals surface area contributed by atoms with E-state index in [-0.39, 0.29) is 22.7 Å². The molecular formula is C16H21N3O2S. The van der Waals surface area contributed by atoms with Crippen LogP contribution in [-0.2, 0) is 9.59 Å². The van der Waals surface area contributed by atoms with Gasteiger partial charge in [-0.3, -0.25) is 9.59 Å². The van der Waals surface area contributed by atoms with Crippen LogP contribution in [0.1, 0.15) is 19.8 Å². The van der Waals surface area contributed by atoms with Crippen molar-refractivity contribution in [2.45, 2.75) is 30.7 Å². The molecule has 3 rings (SSSR count). The Morgan fingerprint density at radius 2 is 2.14 bits per heavy atom. The van der Waals surface area contributed by atoms with Gasteiger partial charge in [0.25, 0.3) is 0 Å². The molecule has 1 aromatic carbocycles. The standard InChI is InChI=1S/C16H21N3O2S/c1-16-9-8-14(20)19(16)13(10-22-16)15(21)17-11-6-4-5-7-12(11)18(2)3/h4-7,13H,8-10H2,1-3H3,(H,17,21)/t13-,16-/m0/s1. The Hall–Kier alpha value is -1.69. The van der Waals surface area contributed by atoms with Gasteiger partial charge in [0.05, 0.1) is 16.2 Å². The lowest BCUT2D eigenvalue weighted by Gasteiger charge is -2.30. The molecule has 2 aliphatic heterocycles. The first-order valence-electron chi connectivity index (χ1n) is 7.46. The van der Waals surface area contributed by atoms with Crippen molar-refractivity contribution in [2.24, 2.45) is 0 Å². The van der Waals surface area contributed by atoms with Gasteiger partial charge in [-0.15, -0.1) is 11.8 Å². The zero-order valence-electron chi connectivity index (χ0n) is 13.1. The molecule has 2 aliphatic rings. The lowest BCUT2D eigenvalue weighted by Crippen LogP contribution is -2.48. The molecule has 5 nitrogen and oxygen atoms in total. The second-order valence-electron chi connectivity index (χ2n) is 6.17. The van der Waals surface area contributed by atoms with Gasteiger partial charge in [0.15, 0.2) is 0 Å². The number of para-hydroxylation sites is 2. The van der Waals surface area contributed by atoms with Crippen LogP contribution in [0, 0.1) is 0 Å². The molecule has 118 valence electrons. The van der Waals surface area contributed by atoms with Gasteiger partial charge in [0.2, 0.25) is 11.8 Å². The molecule has 1 aromatic rings. The summed E-state index contributed by atoms with van der Waals surface area (Å²) in [6.45, 7) is 2.06. The minimum Gasteiger partial charge on any atom is -0.376 e. The van der Waals surface area contributed by atoms with E-state index in [0.29, 0.717) is 12.2 Å². The minimum absolute atomic E-state index is 0.0912. The van der Waals surface area contributed by atoms with Crippen LogP contribution in [0.15, 0.2) is 24.3 Å². The van der Waals surface area contributed by atoms with Gasteiger partial charge in [-0.25, -0.2) is 0 Å². The summed E-state index contributed by atoms with van der Waals surface area (Å²) in [5.41, 5.74) is 1.74. The summed E-state index contributed by atoms with van der Waals surface area (Å²) in [5, 5.41) is 3.00. The van der Waals surface area contributed by atoms with E-state index >= 15 is 0 Å². The molecule has 1 N–H and O–H groups in total. The van der Waals surface area contributed by atoms with Crippen LogP contribution in [0.4, 0.5) is 11.4 Å². The smallest absolute Gasteiger partial charge is 0.248 e. The Morgan fingerprint density at radius 1 is 1.41 bits per heavy atom. The Labute approximate surface area is 135 Å². The first-order valence-corrected chi connectivity index (χ1v) is 8.44. The number of rotatable bonds is 3. The fourth-order valence-electron chi connectivity index (χ4n) is 3.20. The maximum Gasteiger partial charge on any atom is 0.248 e. The van der Waals surface area contributed by atoms with E-state index in [0.717, 1.165) is 17.8 Å². The van der Waals surface area contributed by atoms with Crippen molar-refractivity contribution >= 4 is 35.0 Å². The third-order valence-corrected chi connectivity index (χ3v) is 5.90. The summed E-state index contributed by atoms with van der Waals surface area (Å²) < 4.78 is 0. The molecule has 6 heteroatoms. The molecule has 2 atom stereocenters. The maximum absolute atomic E-state index is 12.7. The molecule has 0 spiro atoms. The lowest BCUT2D eigenvalue weighted by molar-refractivity contribution is -0.135. The second kappa shape index (κ2) is 5.50. The Morgan fingerprint density at radius 3 is 2.86 bits per heavy atom. The van der Waals surface area contributed by atoms with E-state index in [1.807, 2.05) is 43.3 Å². The lowest BCUT2D eigenvalue weighted by atomic mass is 10.2. The highest BCUT2D eigenvalue weighted by Crippen LogP contribution is 2.47. The Kier molecular flexibility index (Phi) is 3.80. The monoisotopic (exact) mass is 319 g/mol. The molecule has 0 aliphatic carbocycles. The van der Waals surface area contributed by atoms with E-state index < -0.39 is 0 Å². The summed E-state index contributed by atoms with van der Waals surface area (Å²) in [5.74, 6) is 0.660. The predicted molar refractivity (Wildman–Crippen MR) is 90.1 cm³/mol. The zero-order chi connectivity index (χ0) is 15.9. The number of amides is 2. The van der Waals surface area contributed by atoms with Crippen molar-refractivity contribution in [3.05, 3.63) is 24.3 Å². The number of carbonyl (C=O) groups excluding carboxylic acids is 2. The molecule has 0 bridgehead atoms. The number of carbonyl (C=O) groups is 2. The van der Waals surface area contributed by atoms with Crippen LogP contribution < -0.4 is 10.2 Å². The highest BCUT2D eigenvalue weighted by atomic mass is 32.2. The highest BCUT2D eigenvalue weighted by molar-refractivity contribution is 8.01. The number of hydrogen-bond acceptors (Lipinski definition) is 4. The third kappa shape index (κ3) is 2.45. The average Bonchev–Trinajstić information content (AvgIpc) is 2.96. The largest absolute Gasteiger partial charge is 0.376 e. The minimum atomic E-state index is -0.375. The first-order chi connectivity index (χ1) is 10.4. The SMILES string of the molecule is CN(C)c1ccccc1NC(=O)[C@@H]1CS[C@@]2(C)CCC(=O)N12. The molecule has 0 saturated carbocycles. The van der Waals surface area contributed by atoms with Crippen molar-refractivity contribution in [3.8, 4) is 0 Å². The number of benzene rings is 1. The van der Waals surface area contributed by atoms with Crippen LogP contribution in [0.2, 0.25) is 0 Å². The predicted octanol–water partition coefficient (Wildman–Crippen LogP) is 2.15. The van der Waals surface area contributed by atoms with E-state index in [2.05, 4.69) is 12.2 Å². The molecule has 0 aromatic heterocycles. The number of nitrogens with one attached hydrogen (secondary N) is 1. The molecular weight excluding hydrogens is 298 g/mol. The summed E-state index contributed by atoms with van der Waals surface area (Å²) in [6, 6.07) is 7.32. The molecule has 2 saturated heterocycles. The Bertz CT molecular complexity index is 619. The van der Waals surface area contributed by atoms with Crippen molar-refractivity contribution in [2.75, 3.05) is 30.1 Å². The molecule has 2 amide bonds. The quantitative estimate of drug-likeness (QED) is 0.927. The first kappa shape index (κ1) is 15.2. The van der Waals surface area contributed by atoms with Crippen molar-refractivity contribution in [3.63, 3.8) is 0 Å². The van der Waals surface area contributed by atoms with E-state index in [1.165, 1.54) is 0 Å². The molecule has 0 radical (unpaired) electrons. The summed E-state index contributed by atoms with van der Waals surface area (Å²) in [4.78, 5) is 28.3. The van der Waals surface area contributed by atoms with Gasteiger partial charge in [-0.1, -0.05) is 12.1 Å². The second-order valence-corrected chi connectivity index (χ2v) is 7.67. The molecule has 2 heterocycles. The highest BCUT2D eigenvalue weighted by Gasteiger charge is 2.52. The normalized spacial score (nSPS) is 27.0.